The number of rotatable bonds is 5. The summed E-state index contributed by atoms with van der Waals surface area (Å²) in [7, 11) is 0. The minimum absolute atomic E-state index is 0.00849. The first-order valence-corrected chi connectivity index (χ1v) is 9.17. The number of anilines is 1. The Bertz CT molecular complexity index is 880. The van der Waals surface area contributed by atoms with Gasteiger partial charge in [0, 0.05) is 24.4 Å². The third-order valence-electron chi connectivity index (χ3n) is 4.47. The van der Waals surface area contributed by atoms with E-state index in [-0.39, 0.29) is 11.3 Å². The lowest BCUT2D eigenvalue weighted by molar-refractivity contribution is -0.116. The van der Waals surface area contributed by atoms with Crippen molar-refractivity contribution in [2.24, 2.45) is 0 Å². The van der Waals surface area contributed by atoms with Crippen molar-refractivity contribution >= 4 is 11.6 Å². The molecule has 3 aromatic rings. The second kappa shape index (κ2) is 8.12. The molecule has 0 aliphatic carbocycles. The molecule has 2 heterocycles. The first-order valence-electron chi connectivity index (χ1n) is 9.17. The fourth-order valence-corrected chi connectivity index (χ4v) is 2.81. The Labute approximate surface area is 160 Å². The van der Waals surface area contributed by atoms with Crippen LogP contribution in [0.4, 0.5) is 5.69 Å². The van der Waals surface area contributed by atoms with Gasteiger partial charge >= 0.3 is 0 Å². The summed E-state index contributed by atoms with van der Waals surface area (Å²) in [4.78, 5) is 20.7. The highest BCUT2D eigenvalue weighted by Crippen LogP contribution is 2.22. The van der Waals surface area contributed by atoms with Gasteiger partial charge in [-0.3, -0.25) is 14.8 Å². The molecule has 0 fully saturated rings. The number of carbonyl (C=O) groups excluding carboxylic acids is 1. The van der Waals surface area contributed by atoms with Crippen molar-refractivity contribution < 1.29 is 4.79 Å². The lowest BCUT2D eigenvalue weighted by Crippen LogP contribution is -2.13. The lowest BCUT2D eigenvalue weighted by atomic mass is 9.86. The van der Waals surface area contributed by atoms with Crippen LogP contribution < -0.4 is 5.32 Å². The van der Waals surface area contributed by atoms with Crippen LogP contribution in [0.15, 0.2) is 67.1 Å². The van der Waals surface area contributed by atoms with Gasteiger partial charge in [-0.05, 0) is 47.2 Å². The van der Waals surface area contributed by atoms with E-state index in [9.17, 15) is 4.79 Å². The number of benzene rings is 1. The van der Waals surface area contributed by atoms with Gasteiger partial charge in [0.05, 0.1) is 17.6 Å². The number of hydrogen-bond donors (Lipinski definition) is 1. The summed E-state index contributed by atoms with van der Waals surface area (Å²) in [5, 5.41) is 2.91. The van der Waals surface area contributed by atoms with E-state index in [4.69, 9.17) is 0 Å². The smallest absolute Gasteiger partial charge is 0.224 e. The predicted octanol–water partition coefficient (Wildman–Crippen LogP) is 5.01. The molecule has 0 aliphatic heterocycles. The van der Waals surface area contributed by atoms with Crippen molar-refractivity contribution in [1.29, 1.82) is 0 Å². The van der Waals surface area contributed by atoms with Crippen LogP contribution in [0.25, 0.3) is 11.3 Å². The van der Waals surface area contributed by atoms with Crippen LogP contribution in [-0.2, 0) is 16.6 Å². The normalized spacial score (nSPS) is 11.2. The van der Waals surface area contributed by atoms with E-state index < -0.39 is 0 Å². The summed E-state index contributed by atoms with van der Waals surface area (Å²) >= 11 is 0. The molecule has 0 unspecified atom stereocenters. The first-order chi connectivity index (χ1) is 12.9. The molecular weight excluding hydrogens is 334 g/mol. The van der Waals surface area contributed by atoms with E-state index in [1.165, 1.54) is 11.1 Å². The zero-order valence-corrected chi connectivity index (χ0v) is 16.1. The Hall–Kier alpha value is -3.01. The Morgan fingerprint density at radius 1 is 1.00 bits per heavy atom. The number of nitrogens with zero attached hydrogens (tertiary/aromatic N) is 2. The van der Waals surface area contributed by atoms with Gasteiger partial charge in [0.1, 0.15) is 0 Å². The van der Waals surface area contributed by atoms with Gasteiger partial charge in [0.25, 0.3) is 0 Å². The molecule has 0 bridgehead atoms. The maximum atomic E-state index is 12.2. The molecule has 0 spiro atoms. The van der Waals surface area contributed by atoms with Crippen LogP contribution in [0.5, 0.6) is 0 Å². The standard InChI is InChI=1S/C23H25N3O/c1-23(2,3)19-9-6-17(7-10-19)8-13-22(27)26-20-11-12-21(25-16-20)18-5-4-14-24-15-18/h4-7,9-12,14-16H,8,13H2,1-3H3,(H,26,27). The second-order valence-electron chi connectivity index (χ2n) is 7.67. The van der Waals surface area contributed by atoms with E-state index in [1.807, 2.05) is 24.3 Å². The number of aromatic nitrogens is 2. The highest BCUT2D eigenvalue weighted by molar-refractivity contribution is 5.90. The molecule has 0 aliphatic rings. The monoisotopic (exact) mass is 359 g/mol. The maximum Gasteiger partial charge on any atom is 0.224 e. The SMILES string of the molecule is CC(C)(C)c1ccc(CCC(=O)Nc2ccc(-c3cccnc3)nc2)cc1. The number of hydrogen-bond acceptors (Lipinski definition) is 3. The molecule has 3 rings (SSSR count). The van der Waals surface area contributed by atoms with Crippen LogP contribution in [0.1, 0.15) is 38.3 Å². The molecular formula is C23H25N3O. The van der Waals surface area contributed by atoms with Gasteiger partial charge in [0.2, 0.25) is 5.91 Å². The molecule has 2 aromatic heterocycles. The number of pyridine rings is 2. The maximum absolute atomic E-state index is 12.2. The molecule has 27 heavy (non-hydrogen) atoms. The summed E-state index contributed by atoms with van der Waals surface area (Å²) in [5.41, 5.74) is 5.11. The molecule has 0 atom stereocenters. The minimum Gasteiger partial charge on any atom is -0.325 e. The highest BCUT2D eigenvalue weighted by atomic mass is 16.1. The quantitative estimate of drug-likeness (QED) is 0.696. The zero-order chi connectivity index (χ0) is 19.3. The summed E-state index contributed by atoms with van der Waals surface area (Å²) < 4.78 is 0. The lowest BCUT2D eigenvalue weighted by Gasteiger charge is -2.19. The number of carbonyl (C=O) groups is 1. The molecule has 138 valence electrons. The third-order valence-corrected chi connectivity index (χ3v) is 4.47. The fraction of sp³-hybridized carbons (Fsp3) is 0.261. The van der Waals surface area contributed by atoms with Crippen LogP contribution >= 0.6 is 0 Å². The number of amides is 1. The summed E-state index contributed by atoms with van der Waals surface area (Å²) in [6, 6.07) is 16.1. The van der Waals surface area contributed by atoms with Gasteiger partial charge in [-0.25, -0.2) is 0 Å². The van der Waals surface area contributed by atoms with E-state index in [0.29, 0.717) is 12.1 Å². The van der Waals surface area contributed by atoms with Crippen molar-refractivity contribution in [2.45, 2.75) is 39.0 Å². The Kier molecular flexibility index (Phi) is 5.65. The first kappa shape index (κ1) is 18.8. The van der Waals surface area contributed by atoms with Gasteiger partial charge in [-0.2, -0.15) is 0 Å². The molecule has 1 N–H and O–H groups in total. The Balaban J connectivity index is 1.53. The van der Waals surface area contributed by atoms with E-state index in [0.717, 1.165) is 17.7 Å². The largest absolute Gasteiger partial charge is 0.325 e. The van der Waals surface area contributed by atoms with Crippen LogP contribution in [0.2, 0.25) is 0 Å². The van der Waals surface area contributed by atoms with Crippen molar-refractivity contribution in [3.63, 3.8) is 0 Å². The molecule has 4 nitrogen and oxygen atoms in total. The van der Waals surface area contributed by atoms with Crippen molar-refractivity contribution in [2.75, 3.05) is 5.32 Å². The van der Waals surface area contributed by atoms with Crippen LogP contribution in [-0.4, -0.2) is 15.9 Å². The van der Waals surface area contributed by atoms with Crippen molar-refractivity contribution in [3.8, 4) is 11.3 Å². The molecule has 0 saturated heterocycles. The Morgan fingerprint density at radius 2 is 1.78 bits per heavy atom. The van der Waals surface area contributed by atoms with E-state index >= 15 is 0 Å². The van der Waals surface area contributed by atoms with Crippen LogP contribution in [0.3, 0.4) is 0 Å². The highest BCUT2D eigenvalue weighted by Gasteiger charge is 2.13. The van der Waals surface area contributed by atoms with Crippen LogP contribution in [0, 0.1) is 0 Å². The second-order valence-corrected chi connectivity index (χ2v) is 7.67. The van der Waals surface area contributed by atoms with Gasteiger partial charge in [0.15, 0.2) is 0 Å². The van der Waals surface area contributed by atoms with E-state index in [1.54, 1.807) is 18.6 Å². The number of aryl methyl sites for hydroxylation is 1. The number of nitrogens with one attached hydrogen (secondary N) is 1. The topological polar surface area (TPSA) is 54.9 Å². The van der Waals surface area contributed by atoms with E-state index in [2.05, 4.69) is 60.3 Å². The third kappa shape index (κ3) is 5.23. The molecule has 1 aromatic carbocycles. The van der Waals surface area contributed by atoms with Crippen molar-refractivity contribution in [3.05, 3.63) is 78.2 Å². The Morgan fingerprint density at radius 3 is 2.37 bits per heavy atom. The molecule has 4 heteroatoms. The molecule has 0 saturated carbocycles. The summed E-state index contributed by atoms with van der Waals surface area (Å²) in [6.07, 6.45) is 6.34. The van der Waals surface area contributed by atoms with Gasteiger partial charge in [-0.1, -0.05) is 45.0 Å². The average Bonchev–Trinajstić information content (AvgIpc) is 2.67. The fourth-order valence-electron chi connectivity index (χ4n) is 2.81. The van der Waals surface area contributed by atoms with Crippen molar-refractivity contribution in [1.82, 2.24) is 9.97 Å². The predicted molar refractivity (Wildman–Crippen MR) is 110 cm³/mol. The minimum atomic E-state index is -0.00849. The van der Waals surface area contributed by atoms with Gasteiger partial charge in [-0.15, -0.1) is 0 Å². The zero-order valence-electron chi connectivity index (χ0n) is 16.1. The summed E-state index contributed by atoms with van der Waals surface area (Å²) in [6.45, 7) is 6.59. The average molecular weight is 359 g/mol. The van der Waals surface area contributed by atoms with Gasteiger partial charge < -0.3 is 5.32 Å². The molecule has 0 radical (unpaired) electrons. The molecule has 1 amide bonds. The summed E-state index contributed by atoms with van der Waals surface area (Å²) in [5.74, 6) is -0.00849.